The number of fused-ring (bicyclic) bond motifs is 2. The van der Waals surface area contributed by atoms with Crippen LogP contribution in [0.5, 0.6) is 0 Å². The summed E-state index contributed by atoms with van der Waals surface area (Å²) >= 11 is 0. The van der Waals surface area contributed by atoms with Crippen LogP contribution in [-0.4, -0.2) is 11.9 Å². The summed E-state index contributed by atoms with van der Waals surface area (Å²) in [5, 5.41) is 0. The minimum atomic E-state index is 0.308. The fourth-order valence-electron chi connectivity index (χ4n) is 4.01. The predicted octanol–water partition coefficient (Wildman–Crippen LogP) is 3.01. The van der Waals surface area contributed by atoms with Gasteiger partial charge in [0.05, 0.1) is 0 Å². The summed E-state index contributed by atoms with van der Waals surface area (Å²) in [6.45, 7) is 2.17. The van der Waals surface area contributed by atoms with Gasteiger partial charge < -0.3 is 4.90 Å². The molecule has 2 nitrogen and oxygen atoms in total. The first-order chi connectivity index (χ1) is 8.74. The van der Waals surface area contributed by atoms with Crippen molar-refractivity contribution >= 4 is 11.6 Å². The third-order valence-electron chi connectivity index (χ3n) is 5.04. The number of anilines is 1. The van der Waals surface area contributed by atoms with E-state index in [-0.39, 0.29) is 0 Å². The second-order valence-electron chi connectivity index (χ2n) is 6.31. The highest BCUT2D eigenvalue weighted by atomic mass is 16.2. The van der Waals surface area contributed by atoms with Crippen molar-refractivity contribution in [2.24, 2.45) is 17.8 Å². The van der Waals surface area contributed by atoms with Crippen LogP contribution < -0.4 is 4.90 Å². The van der Waals surface area contributed by atoms with Gasteiger partial charge in [0, 0.05) is 17.6 Å². The number of nitrogens with zero attached hydrogens (tertiary/aromatic N) is 1. The van der Waals surface area contributed by atoms with Crippen molar-refractivity contribution < 1.29 is 4.79 Å². The highest BCUT2D eigenvalue weighted by Gasteiger charge is 2.49. The van der Waals surface area contributed by atoms with Crippen molar-refractivity contribution in [1.29, 1.82) is 0 Å². The highest BCUT2D eigenvalue weighted by Crippen LogP contribution is 2.55. The van der Waals surface area contributed by atoms with E-state index >= 15 is 0 Å². The predicted molar refractivity (Wildman–Crippen MR) is 71.4 cm³/mol. The smallest absolute Gasteiger partial charge is 0.230 e. The molecule has 0 bridgehead atoms. The number of carbonyl (C=O) groups is 1. The molecule has 3 aliphatic rings. The topological polar surface area (TPSA) is 20.3 Å². The normalized spacial score (nSPS) is 36.4. The molecular formula is C16H19NO. The monoisotopic (exact) mass is 241 g/mol. The SMILES string of the molecule is CC1Cc2ccccc2N1C(=O)C1CC2CC2C1. The van der Waals surface area contributed by atoms with E-state index in [1.807, 2.05) is 6.07 Å². The Morgan fingerprint density at radius 1 is 1.17 bits per heavy atom. The molecule has 18 heavy (non-hydrogen) atoms. The molecule has 4 rings (SSSR count). The molecular weight excluding hydrogens is 222 g/mol. The summed E-state index contributed by atoms with van der Waals surface area (Å²) in [5.74, 6) is 2.46. The van der Waals surface area contributed by atoms with E-state index in [0.29, 0.717) is 17.9 Å². The molecule has 0 radical (unpaired) electrons. The van der Waals surface area contributed by atoms with Gasteiger partial charge in [0.1, 0.15) is 0 Å². The molecule has 1 heterocycles. The van der Waals surface area contributed by atoms with Crippen LogP contribution in [-0.2, 0) is 11.2 Å². The number of hydrogen-bond donors (Lipinski definition) is 0. The van der Waals surface area contributed by atoms with Gasteiger partial charge in [-0.05, 0) is 56.1 Å². The summed E-state index contributed by atoms with van der Waals surface area (Å²) in [6, 6.07) is 8.72. The fraction of sp³-hybridized carbons (Fsp3) is 0.562. The van der Waals surface area contributed by atoms with Crippen LogP contribution in [0.3, 0.4) is 0 Å². The Balaban J connectivity index is 1.62. The summed E-state index contributed by atoms with van der Waals surface area (Å²) in [6.07, 6.45) is 4.70. The molecule has 2 saturated carbocycles. The molecule has 3 atom stereocenters. The molecule has 0 saturated heterocycles. The lowest BCUT2D eigenvalue weighted by Crippen LogP contribution is -2.39. The van der Waals surface area contributed by atoms with Crippen LogP contribution in [0.2, 0.25) is 0 Å². The first-order valence-corrected chi connectivity index (χ1v) is 7.15. The van der Waals surface area contributed by atoms with Gasteiger partial charge in [-0.25, -0.2) is 0 Å². The van der Waals surface area contributed by atoms with Crippen molar-refractivity contribution in [2.45, 2.75) is 38.6 Å². The van der Waals surface area contributed by atoms with E-state index in [1.54, 1.807) is 0 Å². The third kappa shape index (κ3) is 1.44. The Kier molecular flexibility index (Phi) is 2.12. The Morgan fingerprint density at radius 2 is 1.89 bits per heavy atom. The fourth-order valence-corrected chi connectivity index (χ4v) is 4.01. The zero-order chi connectivity index (χ0) is 12.3. The lowest BCUT2D eigenvalue weighted by molar-refractivity contribution is -0.122. The van der Waals surface area contributed by atoms with E-state index in [2.05, 4.69) is 30.0 Å². The number of amides is 1. The maximum Gasteiger partial charge on any atom is 0.230 e. The van der Waals surface area contributed by atoms with E-state index in [1.165, 1.54) is 12.0 Å². The molecule has 3 unspecified atom stereocenters. The average Bonchev–Trinajstić information content (AvgIpc) is 2.84. The Morgan fingerprint density at radius 3 is 2.67 bits per heavy atom. The molecule has 2 aliphatic carbocycles. The Labute approximate surface area is 108 Å². The van der Waals surface area contributed by atoms with Gasteiger partial charge in [-0.3, -0.25) is 4.79 Å². The number of hydrogen-bond acceptors (Lipinski definition) is 1. The Hall–Kier alpha value is -1.31. The van der Waals surface area contributed by atoms with Gasteiger partial charge in [-0.15, -0.1) is 0 Å². The quantitative estimate of drug-likeness (QED) is 0.740. The van der Waals surface area contributed by atoms with Crippen molar-refractivity contribution in [3.05, 3.63) is 29.8 Å². The molecule has 1 aromatic carbocycles. The Bertz CT molecular complexity index is 500. The summed E-state index contributed by atoms with van der Waals surface area (Å²) in [5.41, 5.74) is 2.50. The lowest BCUT2D eigenvalue weighted by atomic mass is 10.0. The largest absolute Gasteiger partial charge is 0.309 e. The second kappa shape index (κ2) is 3.59. The minimum Gasteiger partial charge on any atom is -0.309 e. The van der Waals surface area contributed by atoms with Crippen LogP contribution in [0.15, 0.2) is 24.3 Å². The number of benzene rings is 1. The van der Waals surface area contributed by atoms with E-state index < -0.39 is 0 Å². The first-order valence-electron chi connectivity index (χ1n) is 7.15. The average molecular weight is 241 g/mol. The molecule has 2 fully saturated rings. The van der Waals surface area contributed by atoms with E-state index in [4.69, 9.17) is 0 Å². The highest BCUT2D eigenvalue weighted by molar-refractivity contribution is 5.97. The van der Waals surface area contributed by atoms with Crippen molar-refractivity contribution in [3.63, 3.8) is 0 Å². The van der Waals surface area contributed by atoms with Crippen LogP contribution in [0.1, 0.15) is 31.7 Å². The lowest BCUT2D eigenvalue weighted by Gasteiger charge is -2.26. The minimum absolute atomic E-state index is 0.308. The third-order valence-corrected chi connectivity index (χ3v) is 5.04. The van der Waals surface area contributed by atoms with Crippen molar-refractivity contribution in [3.8, 4) is 0 Å². The number of rotatable bonds is 1. The van der Waals surface area contributed by atoms with Gasteiger partial charge in [-0.2, -0.15) is 0 Å². The van der Waals surface area contributed by atoms with Crippen LogP contribution in [0.4, 0.5) is 5.69 Å². The van der Waals surface area contributed by atoms with Gasteiger partial charge in [0.2, 0.25) is 5.91 Å². The van der Waals surface area contributed by atoms with Gasteiger partial charge >= 0.3 is 0 Å². The summed E-state index contributed by atoms with van der Waals surface area (Å²) in [7, 11) is 0. The number of para-hydroxylation sites is 1. The van der Waals surface area contributed by atoms with Gasteiger partial charge in [0.15, 0.2) is 0 Å². The van der Waals surface area contributed by atoms with E-state index in [9.17, 15) is 4.79 Å². The van der Waals surface area contributed by atoms with Gasteiger partial charge in [0.25, 0.3) is 0 Å². The molecule has 0 aromatic heterocycles. The maximum absolute atomic E-state index is 12.7. The first kappa shape index (κ1) is 10.6. The number of carbonyl (C=O) groups excluding carboxylic acids is 1. The van der Waals surface area contributed by atoms with Crippen LogP contribution >= 0.6 is 0 Å². The maximum atomic E-state index is 12.7. The zero-order valence-corrected chi connectivity index (χ0v) is 10.8. The molecule has 2 heteroatoms. The second-order valence-corrected chi connectivity index (χ2v) is 6.31. The molecule has 1 amide bonds. The van der Waals surface area contributed by atoms with E-state index in [0.717, 1.165) is 36.8 Å². The van der Waals surface area contributed by atoms with Crippen LogP contribution in [0.25, 0.3) is 0 Å². The molecule has 1 aromatic rings. The van der Waals surface area contributed by atoms with Crippen molar-refractivity contribution in [2.75, 3.05) is 4.90 Å². The molecule has 0 spiro atoms. The van der Waals surface area contributed by atoms with Crippen LogP contribution in [0, 0.1) is 17.8 Å². The molecule has 94 valence electrons. The standard InChI is InChI=1S/C16H19NO/c1-10-6-11-4-2-3-5-15(11)17(10)16(18)14-8-12-7-13(12)9-14/h2-5,10,12-14H,6-9H2,1H3. The van der Waals surface area contributed by atoms with Crippen molar-refractivity contribution in [1.82, 2.24) is 0 Å². The molecule has 1 aliphatic heterocycles. The molecule has 0 N–H and O–H groups in total. The van der Waals surface area contributed by atoms with Gasteiger partial charge in [-0.1, -0.05) is 18.2 Å². The summed E-state index contributed by atoms with van der Waals surface area (Å²) < 4.78 is 0. The summed E-state index contributed by atoms with van der Waals surface area (Å²) in [4.78, 5) is 14.8. The zero-order valence-electron chi connectivity index (χ0n) is 10.8.